The number of anilines is 3. The Morgan fingerprint density at radius 2 is 1.04 bits per heavy atom. The number of benzene rings is 9. The summed E-state index contributed by atoms with van der Waals surface area (Å²) in [6.07, 6.45) is 0. The van der Waals surface area contributed by atoms with Crippen LogP contribution in [0.4, 0.5) is 17.1 Å². The van der Waals surface area contributed by atoms with Crippen LogP contribution in [0.1, 0.15) is 22.3 Å². The van der Waals surface area contributed by atoms with Crippen molar-refractivity contribution in [2.24, 2.45) is 0 Å². The molecule has 1 unspecified atom stereocenters. The van der Waals surface area contributed by atoms with Crippen molar-refractivity contribution in [3.8, 4) is 22.3 Å². The molecule has 10 aromatic rings. The molecule has 1 atom stereocenters. The fourth-order valence-electron chi connectivity index (χ4n) is 9.09. The fourth-order valence-corrected chi connectivity index (χ4v) is 9.09. The number of hydrogen-bond acceptors (Lipinski definition) is 2. The molecular formula is C53H35NO. The molecule has 0 saturated carbocycles. The number of fused-ring (bicyclic) bond motifs is 8. The van der Waals surface area contributed by atoms with Crippen molar-refractivity contribution in [2.75, 3.05) is 4.90 Å². The molecule has 0 fully saturated rings. The third-order valence-corrected chi connectivity index (χ3v) is 11.5. The van der Waals surface area contributed by atoms with Gasteiger partial charge in [0, 0.05) is 33.4 Å². The molecule has 258 valence electrons. The van der Waals surface area contributed by atoms with Gasteiger partial charge in [-0.15, -0.1) is 0 Å². The van der Waals surface area contributed by atoms with Crippen molar-refractivity contribution in [3.05, 3.63) is 235 Å². The minimum atomic E-state index is -0.585. The summed E-state index contributed by atoms with van der Waals surface area (Å²) in [5, 5.41) is 4.78. The van der Waals surface area contributed by atoms with E-state index in [9.17, 15) is 0 Å². The molecule has 0 N–H and O–H groups in total. The number of furan rings is 1. The first kappa shape index (κ1) is 31.4. The molecule has 2 nitrogen and oxygen atoms in total. The zero-order valence-corrected chi connectivity index (χ0v) is 30.1. The van der Waals surface area contributed by atoms with Gasteiger partial charge in [0.15, 0.2) is 0 Å². The number of para-hydroxylation sites is 2. The maximum atomic E-state index is 6.75. The van der Waals surface area contributed by atoms with Gasteiger partial charge in [0.1, 0.15) is 11.2 Å². The molecule has 1 aromatic heterocycles. The normalized spacial score (nSPS) is 14.6. The molecule has 9 aromatic carbocycles. The van der Waals surface area contributed by atoms with E-state index in [0.717, 1.165) is 39.0 Å². The van der Waals surface area contributed by atoms with Gasteiger partial charge in [-0.25, -0.2) is 0 Å². The summed E-state index contributed by atoms with van der Waals surface area (Å²) in [6, 6.07) is 76.9. The molecule has 0 aliphatic heterocycles. The molecule has 11 rings (SSSR count). The van der Waals surface area contributed by atoms with Crippen molar-refractivity contribution in [1.29, 1.82) is 0 Å². The molecule has 1 aliphatic rings. The quantitative estimate of drug-likeness (QED) is 0.172. The Bertz CT molecular complexity index is 3030. The van der Waals surface area contributed by atoms with Gasteiger partial charge >= 0.3 is 0 Å². The van der Waals surface area contributed by atoms with Crippen LogP contribution >= 0.6 is 0 Å². The fraction of sp³-hybridized carbons (Fsp3) is 0.0189. The van der Waals surface area contributed by atoms with E-state index in [-0.39, 0.29) is 0 Å². The van der Waals surface area contributed by atoms with Crippen LogP contribution in [-0.2, 0) is 5.41 Å². The topological polar surface area (TPSA) is 16.4 Å². The summed E-state index contributed by atoms with van der Waals surface area (Å²) in [5.41, 5.74) is 14.2. The lowest BCUT2D eigenvalue weighted by Gasteiger charge is -2.35. The van der Waals surface area contributed by atoms with Gasteiger partial charge in [-0.3, -0.25) is 0 Å². The van der Waals surface area contributed by atoms with Crippen molar-refractivity contribution in [2.45, 2.75) is 5.41 Å². The van der Waals surface area contributed by atoms with Gasteiger partial charge < -0.3 is 9.32 Å². The molecule has 55 heavy (non-hydrogen) atoms. The molecular weight excluding hydrogens is 667 g/mol. The van der Waals surface area contributed by atoms with Gasteiger partial charge in [0.2, 0.25) is 0 Å². The molecule has 0 bridgehead atoms. The molecule has 0 radical (unpaired) electrons. The van der Waals surface area contributed by atoms with Crippen LogP contribution in [0.5, 0.6) is 0 Å². The predicted octanol–water partition coefficient (Wildman–Crippen LogP) is 14.2. The summed E-state index contributed by atoms with van der Waals surface area (Å²) in [5.74, 6) is 0. The first-order valence-electron chi connectivity index (χ1n) is 18.9. The summed E-state index contributed by atoms with van der Waals surface area (Å²) in [6.45, 7) is 0. The number of nitrogens with zero attached hydrogens (tertiary/aromatic N) is 1. The maximum Gasteiger partial charge on any atom is 0.143 e. The zero-order valence-electron chi connectivity index (χ0n) is 30.1. The zero-order chi connectivity index (χ0) is 36.3. The van der Waals surface area contributed by atoms with Gasteiger partial charge in [0.05, 0.1) is 5.41 Å². The van der Waals surface area contributed by atoms with Crippen molar-refractivity contribution < 1.29 is 4.42 Å². The van der Waals surface area contributed by atoms with Crippen molar-refractivity contribution in [1.82, 2.24) is 0 Å². The van der Waals surface area contributed by atoms with E-state index in [2.05, 4.69) is 211 Å². The highest BCUT2D eigenvalue weighted by Gasteiger charge is 2.47. The lowest BCUT2D eigenvalue weighted by molar-refractivity contribution is 0.669. The Hall–Kier alpha value is -7.16. The highest BCUT2D eigenvalue weighted by atomic mass is 16.3. The standard InChI is InChI=1S/C53H35NO/c1-3-16-40(17-4-1)53(48-24-11-9-23-47(48)51-49(53)33-32-46-45-22-10-12-25-50(45)55-52(46)51)41-18-13-21-44(35-41)54(42-19-5-2-6-20-42)43-30-28-37(29-31-43)39-27-26-36-14-7-8-15-38(36)34-39/h1-35H. The summed E-state index contributed by atoms with van der Waals surface area (Å²) < 4.78 is 6.75. The first-order valence-corrected chi connectivity index (χ1v) is 18.9. The van der Waals surface area contributed by atoms with E-state index >= 15 is 0 Å². The van der Waals surface area contributed by atoms with E-state index in [1.54, 1.807) is 0 Å². The van der Waals surface area contributed by atoms with Crippen LogP contribution in [0.15, 0.2) is 217 Å². The Labute approximate surface area is 320 Å². The second kappa shape index (κ2) is 12.5. The van der Waals surface area contributed by atoms with Crippen molar-refractivity contribution in [3.63, 3.8) is 0 Å². The Morgan fingerprint density at radius 1 is 0.382 bits per heavy atom. The monoisotopic (exact) mass is 701 g/mol. The number of hydrogen-bond donors (Lipinski definition) is 0. The summed E-state index contributed by atoms with van der Waals surface area (Å²) in [7, 11) is 0. The average Bonchev–Trinajstić information content (AvgIpc) is 3.79. The first-order chi connectivity index (χ1) is 27.3. The van der Waals surface area contributed by atoms with Crippen molar-refractivity contribution >= 4 is 49.8 Å². The lowest BCUT2D eigenvalue weighted by atomic mass is 9.67. The predicted molar refractivity (Wildman–Crippen MR) is 229 cm³/mol. The van der Waals surface area contributed by atoms with Gasteiger partial charge in [-0.05, 0) is 98.2 Å². The third-order valence-electron chi connectivity index (χ3n) is 11.5. The van der Waals surface area contributed by atoms with Crippen LogP contribution < -0.4 is 4.90 Å². The molecule has 0 spiro atoms. The third kappa shape index (κ3) is 4.82. The van der Waals surface area contributed by atoms with Crippen LogP contribution in [0.25, 0.3) is 55.0 Å². The Kier molecular flexibility index (Phi) is 7.11. The Balaban J connectivity index is 1.12. The Morgan fingerprint density at radius 3 is 1.89 bits per heavy atom. The molecule has 0 amide bonds. The van der Waals surface area contributed by atoms with E-state index < -0.39 is 5.41 Å². The second-order valence-corrected chi connectivity index (χ2v) is 14.5. The van der Waals surface area contributed by atoms with Crippen LogP contribution in [-0.4, -0.2) is 0 Å². The SMILES string of the molecule is c1ccc(N(c2ccc(-c3ccc4ccccc4c3)cc2)c2cccc(C3(c4ccccc4)c4ccccc4-c4c3ccc3c4oc4ccccc43)c2)cc1. The average molecular weight is 702 g/mol. The lowest BCUT2D eigenvalue weighted by Crippen LogP contribution is -2.28. The molecule has 1 heterocycles. The summed E-state index contributed by atoms with van der Waals surface area (Å²) in [4.78, 5) is 2.37. The second-order valence-electron chi connectivity index (χ2n) is 14.5. The van der Waals surface area contributed by atoms with E-state index in [1.807, 2.05) is 6.07 Å². The molecule has 1 aliphatic carbocycles. The largest absolute Gasteiger partial charge is 0.455 e. The molecule has 2 heteroatoms. The van der Waals surface area contributed by atoms with Gasteiger partial charge in [-0.1, -0.05) is 164 Å². The van der Waals surface area contributed by atoms with Crippen LogP contribution in [0.2, 0.25) is 0 Å². The number of rotatable bonds is 6. The minimum absolute atomic E-state index is 0.585. The molecule has 0 saturated heterocycles. The van der Waals surface area contributed by atoms with Crippen LogP contribution in [0, 0.1) is 0 Å². The minimum Gasteiger partial charge on any atom is -0.455 e. The van der Waals surface area contributed by atoms with Crippen LogP contribution in [0.3, 0.4) is 0 Å². The van der Waals surface area contributed by atoms with E-state index in [1.165, 1.54) is 55.3 Å². The van der Waals surface area contributed by atoms with E-state index in [4.69, 9.17) is 4.42 Å². The van der Waals surface area contributed by atoms with Gasteiger partial charge in [0.25, 0.3) is 0 Å². The highest BCUT2D eigenvalue weighted by molar-refractivity contribution is 6.12. The maximum absolute atomic E-state index is 6.75. The summed E-state index contributed by atoms with van der Waals surface area (Å²) >= 11 is 0. The van der Waals surface area contributed by atoms with Gasteiger partial charge in [-0.2, -0.15) is 0 Å². The smallest absolute Gasteiger partial charge is 0.143 e. The highest BCUT2D eigenvalue weighted by Crippen LogP contribution is 2.59. The van der Waals surface area contributed by atoms with E-state index in [0.29, 0.717) is 0 Å².